The predicted octanol–water partition coefficient (Wildman–Crippen LogP) is -0.390. The van der Waals surface area contributed by atoms with Crippen LogP contribution in [0.1, 0.15) is 13.8 Å². The van der Waals surface area contributed by atoms with Crippen molar-refractivity contribution in [3.8, 4) is 0 Å². The third-order valence-electron chi connectivity index (χ3n) is 1.70. The van der Waals surface area contributed by atoms with Crippen LogP contribution in [0, 0.1) is 0 Å². The van der Waals surface area contributed by atoms with E-state index in [0.29, 0.717) is 0 Å². The van der Waals surface area contributed by atoms with Crippen LogP contribution in [0.5, 0.6) is 0 Å². The summed E-state index contributed by atoms with van der Waals surface area (Å²) in [4.78, 5) is 0. The monoisotopic (exact) mass is 258 g/mol. The lowest BCUT2D eigenvalue weighted by Gasteiger charge is -2.25. The van der Waals surface area contributed by atoms with Crippen molar-refractivity contribution in [2.45, 2.75) is 19.0 Å². The molecule has 1 atom stereocenters. The lowest BCUT2D eigenvalue weighted by Crippen LogP contribution is -2.41. The van der Waals surface area contributed by atoms with Crippen molar-refractivity contribution in [3.63, 3.8) is 0 Å². The molecule has 2 N–H and O–H groups in total. The second-order valence-corrected chi connectivity index (χ2v) is 4.65. The van der Waals surface area contributed by atoms with E-state index in [0.717, 1.165) is 6.92 Å². The van der Waals surface area contributed by atoms with E-state index in [9.17, 15) is 8.42 Å². The first-order chi connectivity index (χ1) is 7.37. The number of aliphatic hydroxyl groups excluding tert-OH is 1. The number of hydrogen-bond donors (Lipinski definition) is 2. The van der Waals surface area contributed by atoms with Gasteiger partial charge in [0.1, 0.15) is 0 Å². The molecule has 0 heterocycles. The highest BCUT2D eigenvalue weighted by molar-refractivity contribution is 7.86. The highest BCUT2D eigenvalue weighted by Gasteiger charge is 2.40. The summed E-state index contributed by atoms with van der Waals surface area (Å²) in [5.74, 6) is 0. The van der Waals surface area contributed by atoms with Crippen LogP contribution in [-0.4, -0.2) is 56.2 Å². The van der Waals surface area contributed by atoms with E-state index in [4.69, 9.17) is 23.9 Å². The summed E-state index contributed by atoms with van der Waals surface area (Å²) >= 11 is 0. The Morgan fingerprint density at radius 3 is 2.25 bits per heavy atom. The fraction of sp³-hybridized carbons (Fsp3) is 1.00. The van der Waals surface area contributed by atoms with Crippen LogP contribution in [-0.2, 0) is 24.3 Å². The summed E-state index contributed by atoms with van der Waals surface area (Å²) in [7, 11) is -4.47. The van der Waals surface area contributed by atoms with Crippen molar-refractivity contribution in [3.05, 3.63) is 0 Å². The quantitative estimate of drug-likeness (QED) is 0.330. The summed E-state index contributed by atoms with van der Waals surface area (Å²) < 4.78 is 45.5. The van der Waals surface area contributed by atoms with Crippen molar-refractivity contribution in [2.75, 3.05) is 33.0 Å². The SMILES string of the molecule is CCOC(C)(OCCOCCO)S(=O)(=O)O. The first-order valence-corrected chi connectivity index (χ1v) is 6.25. The van der Waals surface area contributed by atoms with Gasteiger partial charge >= 0.3 is 10.1 Å². The fourth-order valence-corrected chi connectivity index (χ4v) is 1.40. The standard InChI is InChI=1S/C8H18O7S/c1-3-14-8(2,16(10,11)12)15-7-6-13-5-4-9/h9H,3-7H2,1-2H3,(H,10,11,12). The molecule has 7 nitrogen and oxygen atoms in total. The Hall–Kier alpha value is -0.250. The minimum atomic E-state index is -4.47. The highest BCUT2D eigenvalue weighted by Crippen LogP contribution is 2.19. The van der Waals surface area contributed by atoms with Crippen molar-refractivity contribution in [2.24, 2.45) is 0 Å². The van der Waals surface area contributed by atoms with Crippen LogP contribution in [0.15, 0.2) is 0 Å². The number of hydrogen-bond acceptors (Lipinski definition) is 6. The molecule has 1 unspecified atom stereocenters. The van der Waals surface area contributed by atoms with E-state index < -0.39 is 15.2 Å². The van der Waals surface area contributed by atoms with E-state index in [-0.39, 0.29) is 33.0 Å². The molecule has 0 rings (SSSR count). The molecule has 0 aliphatic rings. The summed E-state index contributed by atoms with van der Waals surface area (Å²) in [6.45, 7) is 2.80. The molecule has 0 saturated heterocycles. The maximum Gasteiger partial charge on any atom is 0.321 e. The highest BCUT2D eigenvalue weighted by atomic mass is 32.2. The molecule has 0 aromatic rings. The Labute approximate surface area is 95.1 Å². The van der Waals surface area contributed by atoms with Gasteiger partial charge in [-0.05, 0) is 6.92 Å². The van der Waals surface area contributed by atoms with Crippen LogP contribution < -0.4 is 0 Å². The Morgan fingerprint density at radius 1 is 1.19 bits per heavy atom. The van der Waals surface area contributed by atoms with Crippen molar-refractivity contribution < 1.29 is 32.3 Å². The minimum Gasteiger partial charge on any atom is -0.394 e. The van der Waals surface area contributed by atoms with Crippen LogP contribution in [0.2, 0.25) is 0 Å². The number of aliphatic hydroxyl groups is 1. The Bertz CT molecular complexity index is 276. The van der Waals surface area contributed by atoms with Crippen LogP contribution in [0.4, 0.5) is 0 Å². The second kappa shape index (κ2) is 7.15. The van der Waals surface area contributed by atoms with E-state index in [1.54, 1.807) is 6.92 Å². The largest absolute Gasteiger partial charge is 0.394 e. The van der Waals surface area contributed by atoms with Gasteiger partial charge in [0.15, 0.2) is 0 Å². The molecule has 0 aliphatic carbocycles. The molecule has 8 heteroatoms. The molecule has 0 aromatic carbocycles. The average molecular weight is 258 g/mol. The molecule has 0 aliphatic heterocycles. The first kappa shape index (κ1) is 15.8. The van der Waals surface area contributed by atoms with Gasteiger partial charge in [-0.1, -0.05) is 0 Å². The summed E-state index contributed by atoms with van der Waals surface area (Å²) in [6, 6.07) is 0. The fourth-order valence-electron chi connectivity index (χ4n) is 0.905. The molecular weight excluding hydrogens is 240 g/mol. The van der Waals surface area contributed by atoms with Gasteiger partial charge in [0, 0.05) is 13.5 Å². The van der Waals surface area contributed by atoms with E-state index >= 15 is 0 Å². The van der Waals surface area contributed by atoms with Crippen molar-refractivity contribution in [1.29, 1.82) is 0 Å². The van der Waals surface area contributed by atoms with E-state index in [1.165, 1.54) is 0 Å². The Balaban J connectivity index is 4.15. The molecule has 0 spiro atoms. The van der Waals surface area contributed by atoms with Gasteiger partial charge in [-0.3, -0.25) is 4.55 Å². The van der Waals surface area contributed by atoms with Gasteiger partial charge in [-0.15, -0.1) is 0 Å². The average Bonchev–Trinajstić information content (AvgIpc) is 2.16. The lowest BCUT2D eigenvalue weighted by molar-refractivity contribution is -0.174. The summed E-state index contributed by atoms with van der Waals surface area (Å²) in [5.41, 5.74) is 0. The molecule has 0 amide bonds. The first-order valence-electron chi connectivity index (χ1n) is 4.81. The molecule has 0 aromatic heterocycles. The Morgan fingerprint density at radius 2 is 1.81 bits per heavy atom. The molecule has 0 fully saturated rings. The molecule has 0 saturated carbocycles. The van der Waals surface area contributed by atoms with Gasteiger partial charge in [0.2, 0.25) is 0 Å². The van der Waals surface area contributed by atoms with Gasteiger partial charge in [-0.2, -0.15) is 8.42 Å². The zero-order valence-electron chi connectivity index (χ0n) is 9.38. The molecule has 16 heavy (non-hydrogen) atoms. The molecular formula is C8H18O7S. The molecule has 0 radical (unpaired) electrons. The van der Waals surface area contributed by atoms with Crippen molar-refractivity contribution in [1.82, 2.24) is 0 Å². The maximum atomic E-state index is 11.0. The zero-order valence-corrected chi connectivity index (χ0v) is 10.2. The van der Waals surface area contributed by atoms with Gasteiger partial charge in [-0.25, -0.2) is 0 Å². The van der Waals surface area contributed by atoms with E-state index in [2.05, 4.69) is 0 Å². The van der Waals surface area contributed by atoms with Crippen LogP contribution in [0.3, 0.4) is 0 Å². The molecule has 0 bridgehead atoms. The maximum absolute atomic E-state index is 11.0. The summed E-state index contributed by atoms with van der Waals surface area (Å²) in [6.07, 6.45) is 0. The lowest BCUT2D eigenvalue weighted by atomic mass is 10.6. The smallest absolute Gasteiger partial charge is 0.321 e. The number of rotatable bonds is 9. The number of ether oxygens (including phenoxy) is 3. The second-order valence-electron chi connectivity index (χ2n) is 2.95. The Kier molecular flexibility index (Phi) is 7.04. The minimum absolute atomic E-state index is 0.0731. The third kappa shape index (κ3) is 5.19. The third-order valence-corrected chi connectivity index (χ3v) is 2.88. The topological polar surface area (TPSA) is 102 Å². The normalized spacial score (nSPS) is 16.0. The van der Waals surface area contributed by atoms with Gasteiger partial charge < -0.3 is 19.3 Å². The predicted molar refractivity (Wildman–Crippen MR) is 55.4 cm³/mol. The van der Waals surface area contributed by atoms with Gasteiger partial charge in [0.25, 0.3) is 5.12 Å². The van der Waals surface area contributed by atoms with Crippen LogP contribution in [0.25, 0.3) is 0 Å². The molecule has 98 valence electrons. The zero-order chi connectivity index (χ0) is 12.7. The van der Waals surface area contributed by atoms with Gasteiger partial charge in [0.05, 0.1) is 26.4 Å². The van der Waals surface area contributed by atoms with Crippen LogP contribution >= 0.6 is 0 Å². The van der Waals surface area contributed by atoms with Crippen molar-refractivity contribution >= 4 is 10.1 Å². The van der Waals surface area contributed by atoms with E-state index in [1.807, 2.05) is 0 Å². The summed E-state index contributed by atoms with van der Waals surface area (Å²) in [5, 5.41) is 6.33.